The molecule has 0 fully saturated rings. The van der Waals surface area contributed by atoms with Crippen molar-refractivity contribution in [3.05, 3.63) is 35.1 Å². The molecule has 0 saturated carbocycles. The van der Waals surface area contributed by atoms with Crippen LogP contribution < -0.4 is 0 Å². The van der Waals surface area contributed by atoms with Gasteiger partial charge in [-0.2, -0.15) is 13.2 Å². The highest BCUT2D eigenvalue weighted by atomic mass is 19.4. The molecule has 0 aliphatic rings. The lowest BCUT2D eigenvalue weighted by atomic mass is 10.1. The van der Waals surface area contributed by atoms with Gasteiger partial charge in [-0.1, -0.05) is 6.07 Å². The fourth-order valence-electron chi connectivity index (χ4n) is 1.17. The standard InChI is InChI=1S/C10H8F4O2/c1-2-16-9(15)8-6(10(12,13)14)4-3-5-7(8)11/h3-5H,2H2,1H3. The molecule has 0 aromatic heterocycles. The monoisotopic (exact) mass is 236 g/mol. The maximum absolute atomic E-state index is 13.2. The van der Waals surface area contributed by atoms with Gasteiger partial charge in [-0.05, 0) is 19.1 Å². The first kappa shape index (κ1) is 12.5. The SMILES string of the molecule is CCOC(=O)c1c(F)cccc1C(F)(F)F. The van der Waals surface area contributed by atoms with Crippen molar-refractivity contribution in [2.45, 2.75) is 13.1 Å². The minimum absolute atomic E-state index is 0.121. The summed E-state index contributed by atoms with van der Waals surface area (Å²) < 4.78 is 54.9. The number of carbonyl (C=O) groups is 1. The molecule has 0 amide bonds. The van der Waals surface area contributed by atoms with Gasteiger partial charge in [-0.3, -0.25) is 0 Å². The molecule has 0 aliphatic heterocycles. The van der Waals surface area contributed by atoms with Gasteiger partial charge in [0.05, 0.1) is 12.2 Å². The van der Waals surface area contributed by atoms with Crippen LogP contribution in [-0.2, 0) is 10.9 Å². The fourth-order valence-corrected chi connectivity index (χ4v) is 1.17. The molecular weight excluding hydrogens is 228 g/mol. The average Bonchev–Trinajstić information content (AvgIpc) is 2.16. The third-order valence-corrected chi connectivity index (χ3v) is 1.80. The molecule has 2 nitrogen and oxygen atoms in total. The average molecular weight is 236 g/mol. The third kappa shape index (κ3) is 2.50. The minimum Gasteiger partial charge on any atom is -0.462 e. The second-order valence-electron chi connectivity index (χ2n) is 2.88. The van der Waals surface area contributed by atoms with Gasteiger partial charge in [0.25, 0.3) is 0 Å². The van der Waals surface area contributed by atoms with Crippen molar-refractivity contribution in [1.82, 2.24) is 0 Å². The molecule has 1 aromatic rings. The Hall–Kier alpha value is -1.59. The van der Waals surface area contributed by atoms with Gasteiger partial charge in [0.1, 0.15) is 11.4 Å². The number of hydrogen-bond acceptors (Lipinski definition) is 2. The zero-order valence-corrected chi connectivity index (χ0v) is 8.27. The van der Waals surface area contributed by atoms with Crippen LogP contribution >= 0.6 is 0 Å². The van der Waals surface area contributed by atoms with Crippen LogP contribution in [-0.4, -0.2) is 12.6 Å². The second-order valence-corrected chi connectivity index (χ2v) is 2.88. The Morgan fingerprint density at radius 3 is 2.50 bits per heavy atom. The first-order valence-electron chi connectivity index (χ1n) is 4.40. The highest BCUT2D eigenvalue weighted by Crippen LogP contribution is 2.33. The molecule has 0 heterocycles. The van der Waals surface area contributed by atoms with Gasteiger partial charge in [-0.25, -0.2) is 9.18 Å². The van der Waals surface area contributed by atoms with Crippen molar-refractivity contribution in [3.8, 4) is 0 Å². The van der Waals surface area contributed by atoms with E-state index in [0.29, 0.717) is 6.07 Å². The summed E-state index contributed by atoms with van der Waals surface area (Å²) in [5.74, 6) is -2.55. The number of ether oxygens (including phenoxy) is 1. The number of carbonyl (C=O) groups excluding carboxylic acids is 1. The number of hydrogen-bond donors (Lipinski definition) is 0. The highest BCUT2D eigenvalue weighted by molar-refractivity contribution is 5.91. The summed E-state index contributed by atoms with van der Waals surface area (Å²) in [6.45, 7) is 1.30. The van der Waals surface area contributed by atoms with Crippen molar-refractivity contribution in [2.24, 2.45) is 0 Å². The zero-order chi connectivity index (χ0) is 12.3. The van der Waals surface area contributed by atoms with Gasteiger partial charge in [0.2, 0.25) is 0 Å². The zero-order valence-electron chi connectivity index (χ0n) is 8.27. The predicted octanol–water partition coefficient (Wildman–Crippen LogP) is 3.02. The van der Waals surface area contributed by atoms with Crippen molar-refractivity contribution < 1.29 is 27.1 Å². The van der Waals surface area contributed by atoms with Gasteiger partial charge < -0.3 is 4.74 Å². The first-order valence-corrected chi connectivity index (χ1v) is 4.40. The highest BCUT2D eigenvalue weighted by Gasteiger charge is 2.37. The van der Waals surface area contributed by atoms with Crippen LogP contribution in [0.5, 0.6) is 0 Å². The normalized spacial score (nSPS) is 11.3. The summed E-state index contributed by atoms with van der Waals surface area (Å²) in [4.78, 5) is 11.2. The lowest BCUT2D eigenvalue weighted by Crippen LogP contribution is -2.17. The molecule has 0 atom stereocenters. The summed E-state index contributed by atoms with van der Waals surface area (Å²) in [6.07, 6.45) is -4.79. The van der Waals surface area contributed by atoms with E-state index in [1.165, 1.54) is 6.92 Å². The van der Waals surface area contributed by atoms with Crippen molar-refractivity contribution >= 4 is 5.97 Å². The van der Waals surface area contributed by atoms with Crippen molar-refractivity contribution in [2.75, 3.05) is 6.61 Å². The van der Waals surface area contributed by atoms with Crippen molar-refractivity contribution in [3.63, 3.8) is 0 Å². The molecule has 0 unspecified atom stereocenters. The number of benzene rings is 1. The second kappa shape index (κ2) is 4.51. The molecule has 88 valence electrons. The largest absolute Gasteiger partial charge is 0.462 e. The van der Waals surface area contributed by atoms with Gasteiger partial charge in [-0.15, -0.1) is 0 Å². The smallest absolute Gasteiger partial charge is 0.417 e. The summed E-state index contributed by atoms with van der Waals surface area (Å²) in [5.41, 5.74) is -2.40. The summed E-state index contributed by atoms with van der Waals surface area (Å²) in [6, 6.07) is 2.30. The molecule has 6 heteroatoms. The lowest BCUT2D eigenvalue weighted by molar-refractivity contribution is -0.138. The van der Waals surface area contributed by atoms with Crippen LogP contribution in [0.3, 0.4) is 0 Å². The van der Waals surface area contributed by atoms with Crippen LogP contribution in [0.15, 0.2) is 18.2 Å². The Morgan fingerprint density at radius 2 is 2.00 bits per heavy atom. The summed E-state index contributed by atoms with van der Waals surface area (Å²) >= 11 is 0. The molecule has 0 N–H and O–H groups in total. The molecular formula is C10H8F4O2. The minimum atomic E-state index is -4.79. The molecule has 0 aliphatic carbocycles. The summed E-state index contributed by atoms with van der Waals surface area (Å²) in [5, 5.41) is 0. The van der Waals surface area contributed by atoms with E-state index in [2.05, 4.69) is 4.74 Å². The van der Waals surface area contributed by atoms with Crippen LogP contribution in [0, 0.1) is 5.82 Å². The topological polar surface area (TPSA) is 26.3 Å². The van der Waals surface area contributed by atoms with Gasteiger partial charge in [0, 0.05) is 0 Å². The number of halogens is 4. The molecule has 0 bridgehead atoms. The molecule has 1 rings (SSSR count). The third-order valence-electron chi connectivity index (χ3n) is 1.80. The molecule has 1 aromatic carbocycles. The van der Waals surface area contributed by atoms with E-state index in [-0.39, 0.29) is 6.61 Å². The van der Waals surface area contributed by atoms with E-state index in [4.69, 9.17) is 0 Å². The van der Waals surface area contributed by atoms with Crippen molar-refractivity contribution in [1.29, 1.82) is 0 Å². The molecule has 0 spiro atoms. The number of rotatable bonds is 2. The van der Waals surface area contributed by atoms with Gasteiger partial charge >= 0.3 is 12.1 Å². The summed E-state index contributed by atoms with van der Waals surface area (Å²) in [7, 11) is 0. The molecule has 0 radical (unpaired) electrons. The van der Waals surface area contributed by atoms with E-state index in [1.54, 1.807) is 0 Å². The van der Waals surface area contributed by atoms with E-state index >= 15 is 0 Å². The maximum atomic E-state index is 13.2. The van der Waals surface area contributed by atoms with E-state index in [9.17, 15) is 22.4 Å². The Kier molecular flexibility index (Phi) is 3.51. The Bertz CT molecular complexity index is 398. The molecule has 16 heavy (non-hydrogen) atoms. The maximum Gasteiger partial charge on any atom is 0.417 e. The lowest BCUT2D eigenvalue weighted by Gasteiger charge is -2.12. The number of esters is 1. The Balaban J connectivity index is 3.30. The molecule has 0 saturated heterocycles. The van der Waals surface area contributed by atoms with Crippen LogP contribution in [0.2, 0.25) is 0 Å². The quantitative estimate of drug-likeness (QED) is 0.582. The Morgan fingerprint density at radius 1 is 1.38 bits per heavy atom. The first-order chi connectivity index (χ1) is 7.38. The van der Waals surface area contributed by atoms with Crippen LogP contribution in [0.25, 0.3) is 0 Å². The van der Waals surface area contributed by atoms with Crippen LogP contribution in [0.4, 0.5) is 17.6 Å². The van der Waals surface area contributed by atoms with Crippen LogP contribution in [0.1, 0.15) is 22.8 Å². The number of alkyl halides is 3. The van der Waals surface area contributed by atoms with E-state index in [1.807, 2.05) is 0 Å². The predicted molar refractivity (Wildman–Crippen MR) is 47.4 cm³/mol. The van der Waals surface area contributed by atoms with Gasteiger partial charge in [0.15, 0.2) is 0 Å². The van der Waals surface area contributed by atoms with E-state index < -0.39 is 29.1 Å². The van der Waals surface area contributed by atoms with E-state index in [0.717, 1.165) is 12.1 Å². The fraction of sp³-hybridized carbons (Fsp3) is 0.300. The Labute approximate surface area is 88.8 Å².